The summed E-state index contributed by atoms with van der Waals surface area (Å²) in [5.41, 5.74) is 2.26. The van der Waals surface area contributed by atoms with Crippen LogP contribution in [-0.4, -0.2) is 50.7 Å². The summed E-state index contributed by atoms with van der Waals surface area (Å²) >= 11 is 1.74. The van der Waals surface area contributed by atoms with Gasteiger partial charge in [0.15, 0.2) is 5.88 Å². The number of thioether (sulfide) groups is 1. The van der Waals surface area contributed by atoms with Crippen LogP contribution in [0.25, 0.3) is 0 Å². The minimum atomic E-state index is 0.620. The fourth-order valence-corrected chi connectivity index (χ4v) is 4.41. The number of morpholine rings is 1. The highest BCUT2D eigenvalue weighted by molar-refractivity contribution is 7.99. The summed E-state index contributed by atoms with van der Waals surface area (Å²) in [7, 11) is 1.70. The van der Waals surface area contributed by atoms with Gasteiger partial charge in [-0.25, -0.2) is 0 Å². The van der Waals surface area contributed by atoms with Crippen LogP contribution in [0.3, 0.4) is 0 Å². The molecule has 0 amide bonds. The molecule has 0 aliphatic carbocycles. The third-order valence-electron chi connectivity index (χ3n) is 5.13. The lowest BCUT2D eigenvalue weighted by Crippen LogP contribution is -2.38. The number of methoxy groups -OCH3 is 1. The summed E-state index contributed by atoms with van der Waals surface area (Å²) in [5, 5.41) is 0. The monoisotopic (exact) mass is 413 g/mol. The molecule has 2 aromatic carbocycles. The maximum absolute atomic E-state index is 6.28. The molecule has 0 radical (unpaired) electrons. The van der Waals surface area contributed by atoms with Gasteiger partial charge in [0.2, 0.25) is 0 Å². The largest absolute Gasteiger partial charge is 0.496 e. The zero-order chi connectivity index (χ0) is 20.1. The van der Waals surface area contributed by atoms with Crippen LogP contribution in [-0.2, 0) is 11.2 Å². The van der Waals surface area contributed by atoms with Gasteiger partial charge in [0.1, 0.15) is 17.2 Å². The molecule has 6 heteroatoms. The molecule has 2 aliphatic heterocycles. The second kappa shape index (κ2) is 9.46. The Kier molecular flexibility index (Phi) is 6.52. The highest BCUT2D eigenvalue weighted by Crippen LogP contribution is 2.37. The van der Waals surface area contributed by atoms with Crippen LogP contribution >= 0.6 is 11.8 Å². The van der Waals surface area contributed by atoms with Crippen LogP contribution in [0.4, 0.5) is 0 Å². The van der Waals surface area contributed by atoms with E-state index < -0.39 is 0 Å². The topological polar surface area (TPSA) is 40.2 Å². The van der Waals surface area contributed by atoms with E-state index in [1.807, 2.05) is 18.2 Å². The first-order chi connectivity index (χ1) is 14.3. The molecule has 0 atom stereocenters. The summed E-state index contributed by atoms with van der Waals surface area (Å²) in [6.07, 6.45) is 3.05. The van der Waals surface area contributed by atoms with Crippen molar-refractivity contribution in [3.05, 3.63) is 59.5 Å². The van der Waals surface area contributed by atoms with Gasteiger partial charge < -0.3 is 23.8 Å². The molecule has 5 nitrogen and oxygen atoms in total. The maximum Gasteiger partial charge on any atom is 0.192 e. The second-order valence-corrected chi connectivity index (χ2v) is 8.11. The molecule has 0 unspecified atom stereocenters. The van der Waals surface area contributed by atoms with Gasteiger partial charge in [-0.3, -0.25) is 0 Å². The van der Waals surface area contributed by atoms with E-state index in [2.05, 4.69) is 36.1 Å². The standard InChI is InChI=1S/C23H27NO4S/c1-17-19(27-15-16-29-21-6-4-3-5-20(21)25-2)9-7-18-8-10-22(28-23(17)18)24-11-13-26-14-12-24/h3-7,9-10H,8,11-16H2,1-2H3. The molecule has 4 rings (SSSR count). The van der Waals surface area contributed by atoms with Gasteiger partial charge in [-0.05, 0) is 43.2 Å². The SMILES string of the molecule is COc1ccccc1SCCOc1ccc2c(c1C)OC(N1CCOCC1)=CC2. The normalized spacial score (nSPS) is 15.9. The predicted octanol–water partition coefficient (Wildman–Crippen LogP) is 4.28. The molecule has 2 heterocycles. The van der Waals surface area contributed by atoms with Crippen LogP contribution in [0.5, 0.6) is 17.2 Å². The zero-order valence-corrected chi connectivity index (χ0v) is 17.8. The fraction of sp³-hybridized carbons (Fsp3) is 0.391. The van der Waals surface area contributed by atoms with E-state index in [1.54, 1.807) is 18.9 Å². The molecule has 2 aromatic rings. The van der Waals surface area contributed by atoms with Crippen molar-refractivity contribution < 1.29 is 18.9 Å². The van der Waals surface area contributed by atoms with Crippen LogP contribution in [0.2, 0.25) is 0 Å². The number of benzene rings is 2. The third-order valence-corrected chi connectivity index (χ3v) is 6.15. The lowest BCUT2D eigenvalue weighted by Gasteiger charge is -2.33. The predicted molar refractivity (Wildman–Crippen MR) is 115 cm³/mol. The van der Waals surface area contributed by atoms with E-state index >= 15 is 0 Å². The van der Waals surface area contributed by atoms with E-state index in [1.165, 1.54) is 5.56 Å². The Balaban J connectivity index is 1.36. The van der Waals surface area contributed by atoms with Gasteiger partial charge in [0.25, 0.3) is 0 Å². The Morgan fingerprint density at radius 1 is 1.07 bits per heavy atom. The molecule has 0 bridgehead atoms. The van der Waals surface area contributed by atoms with Crippen LogP contribution < -0.4 is 14.2 Å². The highest BCUT2D eigenvalue weighted by atomic mass is 32.2. The quantitative estimate of drug-likeness (QED) is 0.498. The van der Waals surface area contributed by atoms with Crippen molar-refractivity contribution in [3.8, 4) is 17.2 Å². The molecular formula is C23H27NO4S. The Hall–Kier alpha value is -2.31. The smallest absolute Gasteiger partial charge is 0.192 e. The molecule has 1 saturated heterocycles. The van der Waals surface area contributed by atoms with Gasteiger partial charge in [0.05, 0.1) is 26.9 Å². The van der Waals surface area contributed by atoms with Gasteiger partial charge >= 0.3 is 0 Å². The number of hydrogen-bond donors (Lipinski definition) is 0. The Morgan fingerprint density at radius 2 is 1.90 bits per heavy atom. The molecule has 0 aromatic heterocycles. The van der Waals surface area contributed by atoms with Crippen molar-refractivity contribution in [1.29, 1.82) is 0 Å². The molecule has 1 fully saturated rings. The van der Waals surface area contributed by atoms with Crippen molar-refractivity contribution in [2.45, 2.75) is 18.2 Å². The van der Waals surface area contributed by atoms with Crippen molar-refractivity contribution >= 4 is 11.8 Å². The first-order valence-electron chi connectivity index (χ1n) is 9.98. The van der Waals surface area contributed by atoms with E-state index in [4.69, 9.17) is 18.9 Å². The average Bonchev–Trinajstić information content (AvgIpc) is 2.78. The Labute approximate surface area is 176 Å². The van der Waals surface area contributed by atoms with Crippen LogP contribution in [0.15, 0.2) is 53.3 Å². The zero-order valence-electron chi connectivity index (χ0n) is 17.0. The summed E-state index contributed by atoms with van der Waals surface area (Å²) in [6.45, 7) is 5.94. The number of para-hydroxylation sites is 1. The number of ether oxygens (including phenoxy) is 4. The summed E-state index contributed by atoms with van der Waals surface area (Å²) in [5.74, 6) is 4.50. The minimum absolute atomic E-state index is 0.620. The summed E-state index contributed by atoms with van der Waals surface area (Å²) in [6, 6.07) is 12.2. The Bertz CT molecular complexity index is 877. The van der Waals surface area contributed by atoms with E-state index in [0.29, 0.717) is 6.61 Å². The van der Waals surface area contributed by atoms with Crippen molar-refractivity contribution in [3.63, 3.8) is 0 Å². The Morgan fingerprint density at radius 3 is 2.72 bits per heavy atom. The third kappa shape index (κ3) is 4.65. The number of rotatable bonds is 7. The number of allylic oxidation sites excluding steroid dienone is 1. The fourth-order valence-electron chi connectivity index (χ4n) is 3.55. The molecule has 0 saturated carbocycles. The molecule has 0 spiro atoms. The van der Waals surface area contributed by atoms with Gasteiger partial charge in [-0.2, -0.15) is 0 Å². The van der Waals surface area contributed by atoms with E-state index in [-0.39, 0.29) is 0 Å². The first kappa shape index (κ1) is 20.0. The molecule has 29 heavy (non-hydrogen) atoms. The summed E-state index contributed by atoms with van der Waals surface area (Å²) < 4.78 is 23.2. The number of hydrogen-bond acceptors (Lipinski definition) is 6. The minimum Gasteiger partial charge on any atom is -0.496 e. The average molecular weight is 414 g/mol. The first-order valence-corrected chi connectivity index (χ1v) is 11.0. The van der Waals surface area contributed by atoms with Crippen molar-refractivity contribution in [1.82, 2.24) is 4.90 Å². The highest BCUT2D eigenvalue weighted by Gasteiger charge is 2.22. The molecule has 154 valence electrons. The molecule has 0 N–H and O–H groups in total. The van der Waals surface area contributed by atoms with Gasteiger partial charge in [0, 0.05) is 29.3 Å². The van der Waals surface area contributed by atoms with E-state index in [9.17, 15) is 0 Å². The maximum atomic E-state index is 6.28. The summed E-state index contributed by atoms with van der Waals surface area (Å²) in [4.78, 5) is 3.38. The number of fused-ring (bicyclic) bond motifs is 1. The van der Waals surface area contributed by atoms with Crippen LogP contribution in [0, 0.1) is 6.92 Å². The van der Waals surface area contributed by atoms with E-state index in [0.717, 1.165) is 72.1 Å². The van der Waals surface area contributed by atoms with Crippen molar-refractivity contribution in [2.24, 2.45) is 0 Å². The number of nitrogens with zero attached hydrogens (tertiary/aromatic N) is 1. The van der Waals surface area contributed by atoms with Crippen molar-refractivity contribution in [2.75, 3.05) is 45.8 Å². The van der Waals surface area contributed by atoms with Gasteiger partial charge in [-0.1, -0.05) is 18.2 Å². The van der Waals surface area contributed by atoms with Gasteiger partial charge in [-0.15, -0.1) is 11.8 Å². The lowest BCUT2D eigenvalue weighted by molar-refractivity contribution is 0.0338. The second-order valence-electron chi connectivity index (χ2n) is 6.97. The molecule has 2 aliphatic rings. The molecular weight excluding hydrogens is 386 g/mol. The lowest BCUT2D eigenvalue weighted by atomic mass is 10.0. The van der Waals surface area contributed by atoms with Crippen LogP contribution in [0.1, 0.15) is 11.1 Å².